The second-order valence-corrected chi connectivity index (χ2v) is 18.1. The molecule has 0 spiro atoms. The molecule has 0 amide bonds. The molecule has 67 heavy (non-hydrogen) atoms. The molecule has 14 rings (SSSR count). The van der Waals surface area contributed by atoms with Gasteiger partial charge >= 0.3 is 0 Å². The molecule has 2 heterocycles. The third-order valence-electron chi connectivity index (χ3n) is 14.3. The zero-order valence-corrected chi connectivity index (χ0v) is 36.6. The maximum Gasteiger partial charge on any atom is 0.252 e. The van der Waals surface area contributed by atoms with Crippen molar-refractivity contribution in [2.75, 3.05) is 9.80 Å². The van der Waals surface area contributed by atoms with Crippen LogP contribution in [0.1, 0.15) is 0 Å². The lowest BCUT2D eigenvalue weighted by Crippen LogP contribution is -2.61. The van der Waals surface area contributed by atoms with Crippen LogP contribution in [0.15, 0.2) is 249 Å². The Hall–Kier alpha value is -8.66. The van der Waals surface area contributed by atoms with Crippen LogP contribution in [0, 0.1) is 0 Å². The molecule has 12 aromatic rings. The first-order valence-corrected chi connectivity index (χ1v) is 23.3. The number of anilines is 6. The van der Waals surface area contributed by atoms with Crippen molar-refractivity contribution in [3.8, 4) is 33.4 Å². The van der Waals surface area contributed by atoms with Crippen molar-refractivity contribution in [3.05, 3.63) is 249 Å². The van der Waals surface area contributed by atoms with E-state index in [1.165, 1.54) is 116 Å². The molecule has 3 heteroatoms. The van der Waals surface area contributed by atoms with Gasteiger partial charge in [0.1, 0.15) is 0 Å². The second kappa shape index (κ2) is 15.0. The van der Waals surface area contributed by atoms with Crippen LogP contribution in [0.2, 0.25) is 0 Å². The number of nitrogens with zero attached hydrogens (tertiary/aromatic N) is 2. The zero-order valence-electron chi connectivity index (χ0n) is 36.6. The molecule has 0 aliphatic carbocycles. The summed E-state index contributed by atoms with van der Waals surface area (Å²) in [5.74, 6) is 0. The minimum atomic E-state index is -0.0269. The van der Waals surface area contributed by atoms with E-state index in [1.54, 1.807) is 0 Å². The van der Waals surface area contributed by atoms with Gasteiger partial charge in [-0.25, -0.2) is 0 Å². The van der Waals surface area contributed by atoms with Gasteiger partial charge in [-0.15, -0.1) is 0 Å². The van der Waals surface area contributed by atoms with Gasteiger partial charge in [-0.1, -0.05) is 182 Å². The molecular weight excluding hydrogens is 808 g/mol. The van der Waals surface area contributed by atoms with Gasteiger partial charge in [-0.05, 0) is 160 Å². The van der Waals surface area contributed by atoms with Crippen molar-refractivity contribution in [2.24, 2.45) is 0 Å². The van der Waals surface area contributed by atoms with Gasteiger partial charge in [-0.2, -0.15) is 0 Å². The molecule has 0 saturated carbocycles. The third-order valence-corrected chi connectivity index (χ3v) is 14.3. The van der Waals surface area contributed by atoms with E-state index in [2.05, 4.69) is 259 Å². The summed E-state index contributed by atoms with van der Waals surface area (Å²) in [5.41, 5.74) is 18.1. The van der Waals surface area contributed by atoms with E-state index >= 15 is 0 Å². The lowest BCUT2D eigenvalue weighted by atomic mass is 9.33. The van der Waals surface area contributed by atoms with E-state index < -0.39 is 0 Å². The molecule has 0 fully saturated rings. The fourth-order valence-corrected chi connectivity index (χ4v) is 11.1. The highest BCUT2D eigenvalue weighted by Gasteiger charge is 2.44. The normalized spacial score (nSPS) is 12.7. The Morgan fingerprint density at radius 2 is 0.582 bits per heavy atom. The summed E-state index contributed by atoms with van der Waals surface area (Å²) in [6.45, 7) is -0.0269. The Morgan fingerprint density at radius 3 is 1.04 bits per heavy atom. The van der Waals surface area contributed by atoms with Crippen molar-refractivity contribution in [1.82, 2.24) is 0 Å². The first-order valence-electron chi connectivity index (χ1n) is 23.3. The third kappa shape index (κ3) is 6.13. The van der Waals surface area contributed by atoms with Crippen molar-refractivity contribution in [2.45, 2.75) is 0 Å². The summed E-state index contributed by atoms with van der Waals surface area (Å²) in [4.78, 5) is 5.10. The number of hydrogen-bond acceptors (Lipinski definition) is 2. The Bertz CT molecular complexity index is 3720. The summed E-state index contributed by atoms with van der Waals surface area (Å²) < 4.78 is 0. The minimum absolute atomic E-state index is 0.0269. The van der Waals surface area contributed by atoms with Gasteiger partial charge in [0.05, 0.1) is 0 Å². The fraction of sp³-hybridized carbons (Fsp3) is 0. The SMILES string of the molecule is c1ccc(-c2ccc(N3c4cc5ccccc5cc4B4c5cc6ccccc6cc5N(c5ccc(-c6ccccc6)cc5)c5cc(-c6ccc7cc8ccccc8cc7c6)cc3c54)cc2)cc1. The number of benzene rings is 12. The topological polar surface area (TPSA) is 6.48 Å². The first kappa shape index (κ1) is 37.7. The van der Waals surface area contributed by atoms with E-state index in [0.29, 0.717) is 0 Å². The largest absolute Gasteiger partial charge is 0.311 e. The molecule has 12 aromatic carbocycles. The molecule has 310 valence electrons. The first-order chi connectivity index (χ1) is 33.2. The number of fused-ring (bicyclic) bond motifs is 8. The van der Waals surface area contributed by atoms with Crippen LogP contribution >= 0.6 is 0 Å². The number of rotatable bonds is 5. The Labute approximate surface area is 390 Å². The van der Waals surface area contributed by atoms with E-state index in [9.17, 15) is 0 Å². The summed E-state index contributed by atoms with van der Waals surface area (Å²) in [6.07, 6.45) is 0. The minimum Gasteiger partial charge on any atom is -0.311 e. The van der Waals surface area contributed by atoms with Gasteiger partial charge in [0.2, 0.25) is 0 Å². The second-order valence-electron chi connectivity index (χ2n) is 18.1. The van der Waals surface area contributed by atoms with Crippen LogP contribution in [0.3, 0.4) is 0 Å². The van der Waals surface area contributed by atoms with Gasteiger partial charge in [0, 0.05) is 34.1 Å². The lowest BCUT2D eigenvalue weighted by Gasteiger charge is -2.44. The Kier molecular flexibility index (Phi) is 8.41. The monoisotopic (exact) mass is 848 g/mol. The molecule has 0 radical (unpaired) electrons. The maximum atomic E-state index is 2.55. The van der Waals surface area contributed by atoms with Crippen molar-refractivity contribution >= 4 is 100 Å². The van der Waals surface area contributed by atoms with Crippen molar-refractivity contribution < 1.29 is 0 Å². The molecule has 0 N–H and O–H groups in total. The molecule has 0 aromatic heterocycles. The highest BCUT2D eigenvalue weighted by atomic mass is 15.2. The Morgan fingerprint density at radius 1 is 0.224 bits per heavy atom. The average Bonchev–Trinajstić information content (AvgIpc) is 3.39. The standard InChI is InChI=1S/C64H41BN2/c1-3-13-42(14-4-1)44-25-29-56(30-26-44)66-60-38-50-21-11-9-19-48(50)36-58(60)65-59-37-49-20-10-12-22-51(49)39-61(59)67(57-31-27-45(28-32-57)43-15-5-2-6-16-43)63-41-55(40-62(66)64(63)65)53-24-23-52-33-46-17-7-8-18-47(46)34-54(52)35-53/h1-41H. The molecule has 0 atom stereocenters. The smallest absolute Gasteiger partial charge is 0.252 e. The van der Waals surface area contributed by atoms with Crippen molar-refractivity contribution in [3.63, 3.8) is 0 Å². The maximum absolute atomic E-state index is 2.55. The van der Waals surface area contributed by atoms with Crippen LogP contribution in [0.25, 0.3) is 76.5 Å². The quantitative estimate of drug-likeness (QED) is 0.126. The van der Waals surface area contributed by atoms with Gasteiger partial charge in [0.15, 0.2) is 0 Å². The Balaban J connectivity index is 1.07. The molecule has 2 nitrogen and oxygen atoms in total. The van der Waals surface area contributed by atoms with E-state index in [-0.39, 0.29) is 6.71 Å². The lowest BCUT2D eigenvalue weighted by molar-refractivity contribution is 1.26. The predicted octanol–water partition coefficient (Wildman–Crippen LogP) is 15.4. The summed E-state index contributed by atoms with van der Waals surface area (Å²) in [5, 5.41) is 9.91. The van der Waals surface area contributed by atoms with E-state index in [4.69, 9.17) is 0 Å². The molecule has 2 aliphatic rings. The van der Waals surface area contributed by atoms with Crippen LogP contribution in [0.4, 0.5) is 34.1 Å². The van der Waals surface area contributed by atoms with Crippen LogP contribution in [-0.2, 0) is 0 Å². The highest BCUT2D eigenvalue weighted by molar-refractivity contribution is 7.00. The van der Waals surface area contributed by atoms with E-state index in [0.717, 1.165) is 11.4 Å². The summed E-state index contributed by atoms with van der Waals surface area (Å²) in [6, 6.07) is 92.5. The van der Waals surface area contributed by atoms with Gasteiger partial charge < -0.3 is 9.80 Å². The van der Waals surface area contributed by atoms with E-state index in [1.807, 2.05) is 0 Å². The average molecular weight is 849 g/mol. The molecular formula is C64H41BN2. The molecule has 0 unspecified atom stereocenters. The zero-order chi connectivity index (χ0) is 44.0. The van der Waals surface area contributed by atoms with Gasteiger partial charge in [0.25, 0.3) is 6.71 Å². The van der Waals surface area contributed by atoms with Crippen LogP contribution in [-0.4, -0.2) is 6.71 Å². The summed E-state index contributed by atoms with van der Waals surface area (Å²) >= 11 is 0. The molecule has 2 aliphatic heterocycles. The highest BCUT2D eigenvalue weighted by Crippen LogP contribution is 2.48. The van der Waals surface area contributed by atoms with Crippen LogP contribution in [0.5, 0.6) is 0 Å². The summed E-state index contributed by atoms with van der Waals surface area (Å²) in [7, 11) is 0. The molecule has 0 bridgehead atoms. The van der Waals surface area contributed by atoms with Gasteiger partial charge in [-0.3, -0.25) is 0 Å². The van der Waals surface area contributed by atoms with Crippen molar-refractivity contribution in [1.29, 1.82) is 0 Å². The number of hydrogen-bond donors (Lipinski definition) is 0. The predicted molar refractivity (Wildman–Crippen MR) is 287 cm³/mol. The molecule has 0 saturated heterocycles. The fourth-order valence-electron chi connectivity index (χ4n) is 11.1. The van der Waals surface area contributed by atoms with Crippen LogP contribution < -0.4 is 26.2 Å².